The van der Waals surface area contributed by atoms with E-state index in [1.165, 1.54) is 0 Å². The zero-order valence-corrected chi connectivity index (χ0v) is 8.58. The van der Waals surface area contributed by atoms with E-state index in [0.717, 1.165) is 19.3 Å². The smallest absolute Gasteiger partial charge is 0.225 e. The molecule has 3 nitrogen and oxygen atoms in total. The Morgan fingerprint density at radius 2 is 2.50 bits per heavy atom. The SMILES string of the molecule is C#CCCCNC(=O)C1CCOC1C. The van der Waals surface area contributed by atoms with Crippen molar-refractivity contribution < 1.29 is 9.53 Å². The summed E-state index contributed by atoms with van der Waals surface area (Å²) in [6, 6.07) is 0. The molecule has 1 aliphatic heterocycles. The Kier molecular flexibility index (Phi) is 4.48. The molecule has 1 fully saturated rings. The van der Waals surface area contributed by atoms with E-state index in [1.54, 1.807) is 0 Å². The first-order valence-corrected chi connectivity index (χ1v) is 5.08. The van der Waals surface area contributed by atoms with Crippen LogP contribution >= 0.6 is 0 Å². The van der Waals surface area contributed by atoms with Crippen molar-refractivity contribution in [3.05, 3.63) is 0 Å². The molecule has 2 unspecified atom stereocenters. The average Bonchev–Trinajstić information content (AvgIpc) is 2.59. The van der Waals surface area contributed by atoms with Crippen molar-refractivity contribution in [3.8, 4) is 12.3 Å². The molecule has 1 heterocycles. The van der Waals surface area contributed by atoms with Crippen LogP contribution in [-0.4, -0.2) is 25.2 Å². The van der Waals surface area contributed by atoms with Gasteiger partial charge in [0, 0.05) is 19.6 Å². The van der Waals surface area contributed by atoms with E-state index in [0.29, 0.717) is 13.2 Å². The van der Waals surface area contributed by atoms with E-state index in [-0.39, 0.29) is 17.9 Å². The highest BCUT2D eigenvalue weighted by atomic mass is 16.5. The number of ether oxygens (including phenoxy) is 1. The molecule has 1 N–H and O–H groups in total. The fourth-order valence-corrected chi connectivity index (χ4v) is 1.61. The van der Waals surface area contributed by atoms with Crippen LogP contribution in [0.2, 0.25) is 0 Å². The van der Waals surface area contributed by atoms with Crippen LogP contribution in [0.15, 0.2) is 0 Å². The molecule has 14 heavy (non-hydrogen) atoms. The summed E-state index contributed by atoms with van der Waals surface area (Å²) < 4.78 is 5.32. The van der Waals surface area contributed by atoms with E-state index < -0.39 is 0 Å². The van der Waals surface area contributed by atoms with E-state index in [4.69, 9.17) is 11.2 Å². The van der Waals surface area contributed by atoms with Crippen molar-refractivity contribution in [2.24, 2.45) is 5.92 Å². The molecule has 0 aromatic heterocycles. The van der Waals surface area contributed by atoms with Gasteiger partial charge in [0.1, 0.15) is 0 Å². The third-order valence-electron chi connectivity index (χ3n) is 2.51. The lowest BCUT2D eigenvalue weighted by Crippen LogP contribution is -2.34. The quantitative estimate of drug-likeness (QED) is 0.535. The second-order valence-corrected chi connectivity index (χ2v) is 3.57. The number of rotatable bonds is 4. The minimum Gasteiger partial charge on any atom is -0.378 e. The first-order valence-electron chi connectivity index (χ1n) is 5.08. The van der Waals surface area contributed by atoms with E-state index in [1.807, 2.05) is 6.92 Å². The summed E-state index contributed by atoms with van der Waals surface area (Å²) in [5.41, 5.74) is 0. The number of carbonyl (C=O) groups is 1. The van der Waals surface area contributed by atoms with Gasteiger partial charge in [0.2, 0.25) is 5.91 Å². The minimum absolute atomic E-state index is 0.0286. The van der Waals surface area contributed by atoms with Crippen LogP contribution in [0.4, 0.5) is 0 Å². The Hall–Kier alpha value is -1.01. The topological polar surface area (TPSA) is 38.3 Å². The first-order chi connectivity index (χ1) is 6.75. The van der Waals surface area contributed by atoms with Crippen molar-refractivity contribution in [2.75, 3.05) is 13.2 Å². The Balaban J connectivity index is 2.18. The zero-order valence-electron chi connectivity index (χ0n) is 8.58. The minimum atomic E-state index is 0.0286. The zero-order chi connectivity index (χ0) is 10.4. The normalized spacial score (nSPS) is 25.7. The molecule has 2 atom stereocenters. The van der Waals surface area contributed by atoms with Crippen molar-refractivity contribution in [1.82, 2.24) is 5.32 Å². The predicted molar refractivity (Wildman–Crippen MR) is 54.6 cm³/mol. The molecule has 0 saturated carbocycles. The highest BCUT2D eigenvalue weighted by Gasteiger charge is 2.30. The molecular weight excluding hydrogens is 178 g/mol. The molecule has 1 saturated heterocycles. The second kappa shape index (κ2) is 5.66. The summed E-state index contributed by atoms with van der Waals surface area (Å²) in [7, 11) is 0. The van der Waals surface area contributed by atoms with Crippen molar-refractivity contribution in [3.63, 3.8) is 0 Å². The lowest BCUT2D eigenvalue weighted by atomic mass is 10.0. The molecule has 78 valence electrons. The number of hydrogen-bond acceptors (Lipinski definition) is 2. The monoisotopic (exact) mass is 195 g/mol. The molecule has 0 aromatic rings. The Bertz CT molecular complexity index is 232. The first kappa shape index (κ1) is 11.1. The Labute approximate surface area is 85.2 Å². The lowest BCUT2D eigenvalue weighted by molar-refractivity contribution is -0.126. The maximum Gasteiger partial charge on any atom is 0.225 e. The molecular formula is C11H17NO2. The van der Waals surface area contributed by atoms with Crippen LogP contribution in [-0.2, 0) is 9.53 Å². The summed E-state index contributed by atoms with van der Waals surface area (Å²) in [4.78, 5) is 11.6. The molecule has 3 heteroatoms. The van der Waals surface area contributed by atoms with Gasteiger partial charge in [0.15, 0.2) is 0 Å². The third kappa shape index (κ3) is 3.04. The highest BCUT2D eigenvalue weighted by Crippen LogP contribution is 2.20. The molecule has 0 aliphatic carbocycles. The van der Waals surface area contributed by atoms with Crippen LogP contribution in [0, 0.1) is 18.3 Å². The summed E-state index contributed by atoms with van der Waals surface area (Å²) >= 11 is 0. The second-order valence-electron chi connectivity index (χ2n) is 3.57. The molecule has 1 aliphatic rings. The van der Waals surface area contributed by atoms with E-state index >= 15 is 0 Å². The number of unbranched alkanes of at least 4 members (excludes halogenated alkanes) is 1. The fraction of sp³-hybridized carbons (Fsp3) is 0.727. The number of hydrogen-bond donors (Lipinski definition) is 1. The van der Waals surface area contributed by atoms with Crippen LogP contribution in [0.1, 0.15) is 26.2 Å². The standard InChI is InChI=1S/C11H17NO2/c1-3-4-5-7-12-11(13)10-6-8-14-9(10)2/h1,9-10H,4-8H2,2H3,(H,12,13). The largest absolute Gasteiger partial charge is 0.378 e. The predicted octanol–water partition coefficient (Wildman–Crippen LogP) is 0.941. The van der Waals surface area contributed by atoms with Crippen LogP contribution in [0.25, 0.3) is 0 Å². The van der Waals surface area contributed by atoms with Crippen LogP contribution < -0.4 is 5.32 Å². The molecule has 1 rings (SSSR count). The van der Waals surface area contributed by atoms with Crippen LogP contribution in [0.3, 0.4) is 0 Å². The van der Waals surface area contributed by atoms with E-state index in [2.05, 4.69) is 11.2 Å². The number of nitrogens with one attached hydrogen (secondary N) is 1. The van der Waals surface area contributed by atoms with Gasteiger partial charge >= 0.3 is 0 Å². The maximum atomic E-state index is 11.6. The molecule has 1 amide bonds. The fourth-order valence-electron chi connectivity index (χ4n) is 1.61. The van der Waals surface area contributed by atoms with Gasteiger partial charge in [0.25, 0.3) is 0 Å². The van der Waals surface area contributed by atoms with Gasteiger partial charge in [-0.2, -0.15) is 0 Å². The Morgan fingerprint density at radius 3 is 3.07 bits per heavy atom. The molecule has 0 bridgehead atoms. The van der Waals surface area contributed by atoms with Gasteiger partial charge in [-0.3, -0.25) is 4.79 Å². The summed E-state index contributed by atoms with van der Waals surface area (Å²) in [5.74, 6) is 2.68. The highest BCUT2D eigenvalue weighted by molar-refractivity contribution is 5.79. The van der Waals surface area contributed by atoms with Crippen molar-refractivity contribution in [2.45, 2.75) is 32.3 Å². The maximum absolute atomic E-state index is 11.6. The van der Waals surface area contributed by atoms with Gasteiger partial charge in [0.05, 0.1) is 12.0 Å². The van der Waals surface area contributed by atoms with Crippen molar-refractivity contribution >= 4 is 5.91 Å². The summed E-state index contributed by atoms with van der Waals surface area (Å²) in [5, 5.41) is 2.88. The van der Waals surface area contributed by atoms with Gasteiger partial charge in [-0.1, -0.05) is 0 Å². The van der Waals surface area contributed by atoms with Gasteiger partial charge in [-0.25, -0.2) is 0 Å². The summed E-state index contributed by atoms with van der Waals surface area (Å²) in [6.45, 7) is 3.31. The third-order valence-corrected chi connectivity index (χ3v) is 2.51. The van der Waals surface area contributed by atoms with Gasteiger partial charge in [-0.05, 0) is 19.8 Å². The van der Waals surface area contributed by atoms with Gasteiger partial charge in [-0.15, -0.1) is 12.3 Å². The number of terminal acetylenes is 1. The lowest BCUT2D eigenvalue weighted by Gasteiger charge is -2.13. The van der Waals surface area contributed by atoms with E-state index in [9.17, 15) is 4.79 Å². The molecule has 0 radical (unpaired) electrons. The molecule has 0 spiro atoms. The van der Waals surface area contributed by atoms with Crippen molar-refractivity contribution in [1.29, 1.82) is 0 Å². The number of carbonyl (C=O) groups excluding carboxylic acids is 1. The number of amides is 1. The average molecular weight is 195 g/mol. The van der Waals surface area contributed by atoms with Gasteiger partial charge < -0.3 is 10.1 Å². The summed E-state index contributed by atoms with van der Waals surface area (Å²) in [6.07, 6.45) is 7.57. The van der Waals surface area contributed by atoms with Crippen LogP contribution in [0.5, 0.6) is 0 Å². The molecule has 0 aromatic carbocycles. The Morgan fingerprint density at radius 1 is 1.71 bits per heavy atom.